The topological polar surface area (TPSA) is 115 Å². The van der Waals surface area contributed by atoms with Gasteiger partial charge in [0.25, 0.3) is 0 Å². The Morgan fingerprint density at radius 3 is 2.14 bits per heavy atom. The van der Waals surface area contributed by atoms with Crippen LogP contribution >= 0.6 is 0 Å². The highest BCUT2D eigenvalue weighted by atomic mass is 16.9. The molecule has 0 radical (unpaired) electrons. The number of epoxide rings is 1. The number of hydrogen-bond acceptors (Lipinski definition) is 10. The number of hydrogen-bond donors (Lipinski definition) is 0. The molecule has 2 fully saturated rings. The van der Waals surface area contributed by atoms with E-state index in [2.05, 4.69) is 0 Å². The van der Waals surface area contributed by atoms with E-state index in [1.807, 2.05) is 58.0 Å². The van der Waals surface area contributed by atoms with Crippen LogP contribution in [0.1, 0.15) is 33.3 Å². The van der Waals surface area contributed by atoms with E-state index in [0.717, 1.165) is 16.3 Å². The van der Waals surface area contributed by atoms with Gasteiger partial charge in [0.2, 0.25) is 11.5 Å². The first-order chi connectivity index (χ1) is 20.1. The molecule has 2 saturated heterocycles. The lowest BCUT2D eigenvalue weighted by Crippen LogP contribution is -2.39. The van der Waals surface area contributed by atoms with Crippen molar-refractivity contribution in [1.82, 2.24) is 0 Å². The maximum atomic E-state index is 12.0. The SMILES string of the molecule is CC1(C)O[C@H]1COc1c2c(cc3ccoc13)C=C[C@]1(O2)O[C@H](COc2c3occc3cc3ccc(=O)oc23)C(C)(C)O1. The fourth-order valence-electron chi connectivity index (χ4n) is 5.59. The van der Waals surface area contributed by atoms with Gasteiger partial charge in [0, 0.05) is 33.9 Å². The summed E-state index contributed by atoms with van der Waals surface area (Å²) >= 11 is 0. The lowest BCUT2D eigenvalue weighted by atomic mass is 10.0. The van der Waals surface area contributed by atoms with Crippen molar-refractivity contribution in [1.29, 1.82) is 0 Å². The van der Waals surface area contributed by atoms with E-state index in [4.69, 9.17) is 41.7 Å². The Labute approximate surface area is 239 Å². The van der Waals surface area contributed by atoms with E-state index in [-0.39, 0.29) is 18.3 Å². The summed E-state index contributed by atoms with van der Waals surface area (Å²) in [4.78, 5) is 12.0. The van der Waals surface area contributed by atoms with Crippen LogP contribution in [0.2, 0.25) is 0 Å². The normalized spacial score (nSPS) is 25.2. The van der Waals surface area contributed by atoms with Crippen molar-refractivity contribution in [3.63, 3.8) is 0 Å². The molecule has 3 aliphatic rings. The second kappa shape index (κ2) is 8.64. The van der Waals surface area contributed by atoms with Crippen LogP contribution in [0.4, 0.5) is 0 Å². The molecule has 0 N–H and O–H groups in total. The molecule has 8 rings (SSSR count). The smallest absolute Gasteiger partial charge is 0.350 e. The van der Waals surface area contributed by atoms with Gasteiger partial charge in [-0.25, -0.2) is 4.79 Å². The summed E-state index contributed by atoms with van der Waals surface area (Å²) in [7, 11) is 0. The van der Waals surface area contributed by atoms with Gasteiger partial charge in [-0.3, -0.25) is 0 Å². The quantitative estimate of drug-likeness (QED) is 0.173. The zero-order valence-electron chi connectivity index (χ0n) is 23.4. The third-order valence-corrected chi connectivity index (χ3v) is 8.09. The minimum Gasteiger partial charge on any atom is -0.483 e. The molecular weight excluding hydrogens is 544 g/mol. The third kappa shape index (κ3) is 4.01. The van der Waals surface area contributed by atoms with Crippen LogP contribution in [0.3, 0.4) is 0 Å². The van der Waals surface area contributed by atoms with E-state index in [9.17, 15) is 4.79 Å². The van der Waals surface area contributed by atoms with Gasteiger partial charge in [0.05, 0.1) is 23.7 Å². The fourth-order valence-corrected chi connectivity index (χ4v) is 5.59. The molecule has 42 heavy (non-hydrogen) atoms. The first-order valence-electron chi connectivity index (χ1n) is 13.8. The highest BCUT2D eigenvalue weighted by Gasteiger charge is 2.55. The van der Waals surface area contributed by atoms with Gasteiger partial charge in [-0.15, -0.1) is 0 Å². The van der Waals surface area contributed by atoms with Crippen molar-refractivity contribution in [2.75, 3.05) is 13.2 Å². The largest absolute Gasteiger partial charge is 0.483 e. The van der Waals surface area contributed by atoms with Crippen molar-refractivity contribution >= 4 is 39.0 Å². The summed E-state index contributed by atoms with van der Waals surface area (Å²) in [6, 6.07) is 10.6. The lowest BCUT2D eigenvalue weighted by molar-refractivity contribution is -0.271. The van der Waals surface area contributed by atoms with Crippen molar-refractivity contribution in [2.45, 2.75) is 57.1 Å². The second-order valence-corrected chi connectivity index (χ2v) is 11.9. The Hall–Kier alpha value is -4.25. The lowest BCUT2D eigenvalue weighted by Gasteiger charge is -2.31. The van der Waals surface area contributed by atoms with Gasteiger partial charge in [0.1, 0.15) is 25.4 Å². The number of ether oxygens (including phenoxy) is 6. The molecule has 0 amide bonds. The number of fused-ring (bicyclic) bond motifs is 4. The molecule has 5 aromatic rings. The summed E-state index contributed by atoms with van der Waals surface area (Å²) in [6.45, 7) is 8.23. The van der Waals surface area contributed by atoms with E-state index < -0.39 is 23.3 Å². The summed E-state index contributed by atoms with van der Waals surface area (Å²) in [6.07, 6.45) is 6.18. The molecule has 6 heterocycles. The Balaban J connectivity index is 1.09. The predicted octanol–water partition coefficient (Wildman–Crippen LogP) is 6.17. The number of furan rings is 2. The summed E-state index contributed by atoms with van der Waals surface area (Å²) in [5, 5.41) is 2.41. The van der Waals surface area contributed by atoms with Gasteiger partial charge in [-0.1, -0.05) is 0 Å². The highest BCUT2D eigenvalue weighted by molar-refractivity contribution is 6.00. The van der Waals surface area contributed by atoms with E-state index in [0.29, 0.717) is 46.0 Å². The van der Waals surface area contributed by atoms with Crippen LogP contribution in [0.5, 0.6) is 17.2 Å². The number of rotatable bonds is 6. The van der Waals surface area contributed by atoms with E-state index in [1.165, 1.54) is 6.07 Å². The Morgan fingerprint density at radius 1 is 0.762 bits per heavy atom. The molecule has 10 heteroatoms. The Bertz CT molecular complexity index is 1960. The molecule has 0 unspecified atom stereocenters. The predicted molar refractivity (Wildman–Crippen MR) is 151 cm³/mol. The van der Waals surface area contributed by atoms with E-state index in [1.54, 1.807) is 24.7 Å². The minimum atomic E-state index is -1.54. The first kappa shape index (κ1) is 25.5. The molecule has 0 aliphatic carbocycles. The zero-order chi connectivity index (χ0) is 28.9. The fraction of sp³-hybridized carbons (Fsp3) is 0.344. The van der Waals surface area contributed by atoms with E-state index >= 15 is 0 Å². The summed E-state index contributed by atoms with van der Waals surface area (Å²) < 4.78 is 54.5. The van der Waals surface area contributed by atoms with Crippen LogP contribution in [0, 0.1) is 0 Å². The van der Waals surface area contributed by atoms with Crippen LogP contribution in [-0.4, -0.2) is 42.6 Å². The van der Waals surface area contributed by atoms with Crippen molar-refractivity contribution in [2.24, 2.45) is 0 Å². The molecule has 3 aromatic heterocycles. The monoisotopic (exact) mass is 572 g/mol. The Morgan fingerprint density at radius 2 is 1.40 bits per heavy atom. The molecule has 0 saturated carbocycles. The summed E-state index contributed by atoms with van der Waals surface area (Å²) in [5.41, 5.74) is 0.576. The molecule has 0 bridgehead atoms. The standard InChI is InChI=1S/C32H28O10/c1-30(2)21(39-30)15-37-29-25-20(9-12-35-25)14-18-7-10-32(41-27(18)29)40-22(31(3,4)42-32)16-36-28-24-19(8-11-34-24)13-17-5-6-23(33)38-26(17)28/h5-14,21-22H,15-16H2,1-4H3/t21-,22+,32+/m0/s1. The van der Waals surface area contributed by atoms with Gasteiger partial charge in [0.15, 0.2) is 22.5 Å². The molecular formula is C32H28O10. The van der Waals surface area contributed by atoms with Gasteiger partial charge < -0.3 is 41.7 Å². The first-order valence-corrected chi connectivity index (χ1v) is 13.8. The molecule has 3 aliphatic heterocycles. The minimum absolute atomic E-state index is 0.0370. The average molecular weight is 573 g/mol. The Kier molecular flexibility index (Phi) is 5.23. The van der Waals surface area contributed by atoms with Crippen molar-refractivity contribution in [3.8, 4) is 17.2 Å². The maximum Gasteiger partial charge on any atom is 0.350 e. The molecule has 3 atom stereocenters. The average Bonchev–Trinajstić information content (AvgIpc) is 3.35. The number of benzene rings is 2. The maximum absolute atomic E-state index is 12.0. The van der Waals surface area contributed by atoms with Crippen LogP contribution < -0.4 is 19.8 Å². The van der Waals surface area contributed by atoms with Crippen LogP contribution in [-0.2, 0) is 14.2 Å². The second-order valence-electron chi connectivity index (χ2n) is 11.9. The molecule has 216 valence electrons. The van der Waals surface area contributed by atoms with Gasteiger partial charge >= 0.3 is 11.6 Å². The van der Waals surface area contributed by atoms with Gasteiger partial charge in [-0.2, -0.15) is 0 Å². The zero-order valence-corrected chi connectivity index (χ0v) is 23.4. The molecule has 1 spiro atoms. The van der Waals surface area contributed by atoms with Crippen molar-refractivity contribution < 1.29 is 41.7 Å². The van der Waals surface area contributed by atoms with Crippen molar-refractivity contribution in [3.05, 3.63) is 71.0 Å². The van der Waals surface area contributed by atoms with Crippen LogP contribution in [0.15, 0.2) is 73.0 Å². The van der Waals surface area contributed by atoms with Crippen LogP contribution in [0.25, 0.3) is 39.0 Å². The highest BCUT2D eigenvalue weighted by Crippen LogP contribution is 2.49. The van der Waals surface area contributed by atoms with Gasteiger partial charge in [-0.05, 0) is 64.1 Å². The molecule has 10 nitrogen and oxygen atoms in total. The molecule has 2 aromatic carbocycles. The summed E-state index contributed by atoms with van der Waals surface area (Å²) in [5.74, 6) is -0.317. The third-order valence-electron chi connectivity index (χ3n) is 8.09.